The first-order chi connectivity index (χ1) is 21.1. The maximum absolute atomic E-state index is 14.2. The number of anilines is 1. The van der Waals surface area contributed by atoms with Crippen molar-refractivity contribution in [2.45, 2.75) is 38.3 Å². The molecule has 3 aromatic carbocycles. The van der Waals surface area contributed by atoms with Crippen LogP contribution in [-0.4, -0.2) is 81.0 Å². The van der Waals surface area contributed by atoms with Gasteiger partial charge in [-0.15, -0.1) is 0 Å². The fourth-order valence-electron chi connectivity index (χ4n) is 6.42. The van der Waals surface area contributed by atoms with Crippen molar-refractivity contribution < 1.29 is 33.4 Å². The van der Waals surface area contributed by atoms with Gasteiger partial charge in [0.05, 0.1) is 40.7 Å². The number of unbranched alkanes of at least 4 members (excludes halogenated alkanes) is 1. The molecule has 0 bridgehead atoms. The highest BCUT2D eigenvalue weighted by Gasteiger charge is 2.48. The van der Waals surface area contributed by atoms with Crippen molar-refractivity contribution in [3.8, 4) is 17.2 Å². The molecular weight excluding hydrogens is 558 g/mol. The third-order valence-electron chi connectivity index (χ3n) is 8.42. The number of aliphatic carboxylic acids is 1. The summed E-state index contributed by atoms with van der Waals surface area (Å²) in [5.41, 5.74) is 3.72. The maximum atomic E-state index is 14.2. The van der Waals surface area contributed by atoms with Crippen molar-refractivity contribution in [1.29, 1.82) is 0 Å². The molecule has 1 fully saturated rings. The van der Waals surface area contributed by atoms with Gasteiger partial charge in [-0.05, 0) is 53.9 Å². The lowest BCUT2D eigenvalue weighted by Gasteiger charge is -2.30. The van der Waals surface area contributed by atoms with E-state index < -0.39 is 17.9 Å². The summed E-state index contributed by atoms with van der Waals surface area (Å²) < 4.78 is 17.3. The van der Waals surface area contributed by atoms with Gasteiger partial charge in [-0.25, -0.2) is 0 Å². The number of nitrogens with zero attached hydrogens (tertiary/aromatic N) is 3. The number of carboxylic acids is 1. The summed E-state index contributed by atoms with van der Waals surface area (Å²) in [5.74, 6) is -0.146. The summed E-state index contributed by atoms with van der Waals surface area (Å²) in [6.07, 6.45) is 1.82. The first-order valence-electron chi connectivity index (χ1n) is 15.3. The van der Waals surface area contributed by atoms with Crippen molar-refractivity contribution >= 4 is 17.6 Å². The molecule has 3 atom stereocenters. The van der Waals surface area contributed by atoms with Crippen molar-refractivity contribution in [2.75, 3.05) is 59.6 Å². The number of benzene rings is 3. The lowest BCUT2D eigenvalue weighted by Crippen LogP contribution is -2.41. The molecule has 0 radical (unpaired) electrons. The normalized spacial score (nSPS) is 19.6. The Bertz CT molecular complexity index is 1470. The Hall–Kier alpha value is -4.08. The second kappa shape index (κ2) is 13.3. The number of likely N-dealkylation sites (tertiary alicyclic amines) is 1. The van der Waals surface area contributed by atoms with Crippen LogP contribution in [0.4, 0.5) is 5.69 Å². The predicted molar refractivity (Wildman–Crippen MR) is 169 cm³/mol. The number of carboxylic acid groups (broad SMARTS) is 1. The fraction of sp³-hybridized carbons (Fsp3) is 0.429. The van der Waals surface area contributed by atoms with Gasteiger partial charge in [-0.2, -0.15) is 0 Å². The number of fused-ring (bicyclic) bond motifs is 1. The van der Waals surface area contributed by atoms with Gasteiger partial charge >= 0.3 is 5.97 Å². The van der Waals surface area contributed by atoms with Crippen LogP contribution in [-0.2, 0) is 16.1 Å². The molecule has 9 heteroatoms. The smallest absolute Gasteiger partial charge is 0.309 e. The second-order valence-electron chi connectivity index (χ2n) is 12.7. The number of rotatable bonds is 12. The highest BCUT2D eigenvalue weighted by atomic mass is 16.7. The van der Waals surface area contributed by atoms with E-state index in [1.807, 2.05) is 64.4 Å². The van der Waals surface area contributed by atoms with Gasteiger partial charge in [0.2, 0.25) is 12.7 Å². The summed E-state index contributed by atoms with van der Waals surface area (Å²) in [5, 5.41) is 10.6. The van der Waals surface area contributed by atoms with E-state index in [2.05, 4.69) is 40.2 Å². The minimum atomic E-state index is -0.903. The quantitative estimate of drug-likeness (QED) is 0.281. The number of hydrogen-bond acceptors (Lipinski definition) is 6. The highest BCUT2D eigenvalue weighted by molar-refractivity contribution is 5.95. The van der Waals surface area contributed by atoms with Crippen LogP contribution in [0, 0.1) is 5.92 Å². The van der Waals surface area contributed by atoms with E-state index >= 15 is 0 Å². The third-order valence-corrected chi connectivity index (χ3v) is 8.42. The molecule has 0 spiro atoms. The van der Waals surface area contributed by atoms with Crippen LogP contribution in [0.25, 0.3) is 0 Å². The number of hydrogen-bond donors (Lipinski definition) is 1. The number of carbonyl (C=O) groups excluding carboxylic acids is 1. The molecule has 1 N–H and O–H groups in total. The van der Waals surface area contributed by atoms with Crippen molar-refractivity contribution in [3.63, 3.8) is 0 Å². The van der Waals surface area contributed by atoms with Crippen LogP contribution in [0.2, 0.25) is 0 Å². The second-order valence-corrected chi connectivity index (χ2v) is 12.7. The summed E-state index contributed by atoms with van der Waals surface area (Å²) in [6.45, 7) is 4.19. The summed E-state index contributed by atoms with van der Waals surface area (Å²) in [6, 6.07) is 20.8. The standard InChI is InChI=1S/C35H43N3O6/c1-6-7-17-37(27-10-8-9-24(18-27)22-38(2,3)4)32(39)21-36-20-29(26-13-16-30-31(19-26)44-23-43-30)33(35(40)41)34(36)25-11-14-28(42-5)15-12-25/h8-16,18-19,29,33-34H,6-7,17,20-23H2,1-5H3/p+1. The number of carbonyl (C=O) groups is 2. The van der Waals surface area contributed by atoms with Gasteiger partial charge in [-0.3, -0.25) is 14.5 Å². The van der Waals surface area contributed by atoms with E-state index in [9.17, 15) is 14.7 Å². The van der Waals surface area contributed by atoms with Gasteiger partial charge in [-0.1, -0.05) is 43.7 Å². The van der Waals surface area contributed by atoms with Gasteiger partial charge in [0, 0.05) is 36.3 Å². The van der Waals surface area contributed by atoms with Crippen molar-refractivity contribution in [2.24, 2.45) is 5.92 Å². The van der Waals surface area contributed by atoms with Crippen molar-refractivity contribution in [1.82, 2.24) is 4.90 Å². The van der Waals surface area contributed by atoms with Crippen molar-refractivity contribution in [3.05, 3.63) is 83.4 Å². The lowest BCUT2D eigenvalue weighted by molar-refractivity contribution is -0.884. The van der Waals surface area contributed by atoms with E-state index in [1.165, 1.54) is 0 Å². The number of methoxy groups -OCH3 is 1. The Morgan fingerprint density at radius 3 is 2.41 bits per heavy atom. The van der Waals surface area contributed by atoms with Crippen LogP contribution in [0.15, 0.2) is 66.7 Å². The Morgan fingerprint density at radius 2 is 1.73 bits per heavy atom. The zero-order valence-electron chi connectivity index (χ0n) is 26.4. The molecule has 1 amide bonds. The molecule has 2 heterocycles. The monoisotopic (exact) mass is 602 g/mol. The van der Waals surface area contributed by atoms with E-state index in [0.717, 1.165) is 46.2 Å². The average molecular weight is 603 g/mol. The molecule has 0 saturated carbocycles. The molecule has 0 aromatic heterocycles. The summed E-state index contributed by atoms with van der Waals surface area (Å²) >= 11 is 0. The minimum Gasteiger partial charge on any atom is -0.497 e. The molecule has 1 saturated heterocycles. The minimum absolute atomic E-state index is 0.0464. The average Bonchev–Trinajstić information content (AvgIpc) is 3.61. The Balaban J connectivity index is 1.49. The maximum Gasteiger partial charge on any atom is 0.309 e. The molecule has 9 nitrogen and oxygen atoms in total. The predicted octanol–water partition coefficient (Wildman–Crippen LogP) is 5.30. The largest absolute Gasteiger partial charge is 0.497 e. The van der Waals surface area contributed by atoms with Crippen LogP contribution in [0.3, 0.4) is 0 Å². The Morgan fingerprint density at radius 1 is 1.00 bits per heavy atom. The lowest BCUT2D eigenvalue weighted by atomic mass is 9.82. The molecule has 2 aliphatic heterocycles. The fourth-order valence-corrected chi connectivity index (χ4v) is 6.42. The molecular formula is C35H44N3O6+. The van der Waals surface area contributed by atoms with E-state index in [1.54, 1.807) is 7.11 Å². The first kappa shape index (κ1) is 31.3. The van der Waals surface area contributed by atoms with Gasteiger partial charge in [0.15, 0.2) is 11.5 Å². The first-order valence-corrected chi connectivity index (χ1v) is 15.3. The van der Waals surface area contributed by atoms with Gasteiger partial charge < -0.3 is 28.7 Å². The third kappa shape index (κ3) is 7.00. The van der Waals surface area contributed by atoms with Gasteiger partial charge in [0.1, 0.15) is 12.3 Å². The topological polar surface area (TPSA) is 88.5 Å². The molecule has 3 aromatic rings. The molecule has 2 aliphatic rings. The molecule has 44 heavy (non-hydrogen) atoms. The SMILES string of the molecule is CCCCN(C(=O)CN1CC(c2ccc3c(c2)OCO3)C(C(=O)O)C1c1ccc(OC)cc1)c1cccc(C[N+](C)(C)C)c1. The zero-order valence-corrected chi connectivity index (χ0v) is 26.4. The van der Waals surface area contributed by atoms with Crippen LogP contribution in [0.5, 0.6) is 17.2 Å². The van der Waals surface area contributed by atoms with E-state index in [0.29, 0.717) is 30.3 Å². The summed E-state index contributed by atoms with van der Waals surface area (Å²) in [7, 11) is 8.05. The zero-order chi connectivity index (χ0) is 31.4. The van der Waals surface area contributed by atoms with Gasteiger partial charge in [0.25, 0.3) is 0 Å². The summed E-state index contributed by atoms with van der Waals surface area (Å²) in [4.78, 5) is 31.1. The molecule has 3 unspecified atom stereocenters. The van der Waals surface area contributed by atoms with E-state index in [4.69, 9.17) is 14.2 Å². The highest BCUT2D eigenvalue weighted by Crippen LogP contribution is 2.48. The molecule has 234 valence electrons. The number of ether oxygens (including phenoxy) is 3. The number of amides is 1. The van der Waals surface area contributed by atoms with E-state index in [-0.39, 0.29) is 25.2 Å². The molecule has 0 aliphatic carbocycles. The Labute approximate surface area is 260 Å². The van der Waals surface area contributed by atoms with Crippen LogP contribution in [0.1, 0.15) is 48.4 Å². The van der Waals surface area contributed by atoms with Crippen LogP contribution >= 0.6 is 0 Å². The molecule has 5 rings (SSSR count). The number of quaternary nitrogens is 1. The Kier molecular flexibility index (Phi) is 9.46. The van der Waals surface area contributed by atoms with Crippen LogP contribution < -0.4 is 19.1 Å².